The lowest BCUT2D eigenvalue weighted by molar-refractivity contribution is 0.242. The summed E-state index contributed by atoms with van der Waals surface area (Å²) in [5, 5.41) is 0. The maximum Gasteiger partial charge on any atom is 0.240 e. The van der Waals surface area contributed by atoms with E-state index in [4.69, 9.17) is 4.74 Å². The molecule has 0 aromatic heterocycles. The van der Waals surface area contributed by atoms with E-state index in [1.807, 2.05) is 13.8 Å². The molecular formula is C15H24N2O5S2. The van der Waals surface area contributed by atoms with Gasteiger partial charge in [0.25, 0.3) is 0 Å². The van der Waals surface area contributed by atoms with Crippen LogP contribution < -0.4 is 9.46 Å². The molecule has 1 fully saturated rings. The Bertz CT molecular complexity index is 754. The SMILES string of the molecule is CC(C)Oc1ccc(S(=O)(=O)NCCN(C2CC2)S(C)(=O)=O)cc1. The van der Waals surface area contributed by atoms with Crippen LogP contribution in [-0.2, 0) is 20.0 Å². The molecule has 1 aliphatic carbocycles. The summed E-state index contributed by atoms with van der Waals surface area (Å²) in [6.45, 7) is 3.95. The summed E-state index contributed by atoms with van der Waals surface area (Å²) in [6.07, 6.45) is 2.82. The highest BCUT2D eigenvalue weighted by atomic mass is 32.2. The Morgan fingerprint density at radius 1 is 1.17 bits per heavy atom. The maximum absolute atomic E-state index is 12.3. The molecule has 0 unspecified atom stereocenters. The first-order chi connectivity index (χ1) is 11.1. The topological polar surface area (TPSA) is 92.8 Å². The van der Waals surface area contributed by atoms with Crippen molar-refractivity contribution in [3.8, 4) is 5.75 Å². The number of benzene rings is 1. The van der Waals surface area contributed by atoms with Crippen LogP contribution in [-0.4, -0.2) is 52.6 Å². The largest absolute Gasteiger partial charge is 0.491 e. The third-order valence-corrected chi connectivity index (χ3v) is 6.32. The molecule has 0 amide bonds. The Balaban J connectivity index is 1.95. The van der Waals surface area contributed by atoms with Gasteiger partial charge in [-0.15, -0.1) is 0 Å². The summed E-state index contributed by atoms with van der Waals surface area (Å²) in [5.41, 5.74) is 0. The summed E-state index contributed by atoms with van der Waals surface area (Å²) in [7, 11) is -7.00. The molecule has 9 heteroatoms. The number of hydrogen-bond acceptors (Lipinski definition) is 5. The Labute approximate surface area is 144 Å². The van der Waals surface area contributed by atoms with E-state index in [9.17, 15) is 16.8 Å². The molecule has 1 saturated carbocycles. The molecule has 0 saturated heterocycles. The van der Waals surface area contributed by atoms with Gasteiger partial charge in [-0.3, -0.25) is 0 Å². The molecule has 7 nitrogen and oxygen atoms in total. The van der Waals surface area contributed by atoms with Gasteiger partial charge in [-0.05, 0) is 51.0 Å². The van der Waals surface area contributed by atoms with E-state index in [1.54, 1.807) is 12.1 Å². The van der Waals surface area contributed by atoms with Gasteiger partial charge < -0.3 is 4.74 Å². The van der Waals surface area contributed by atoms with Crippen LogP contribution in [0.2, 0.25) is 0 Å². The molecule has 1 aromatic rings. The van der Waals surface area contributed by atoms with Gasteiger partial charge in [0.1, 0.15) is 5.75 Å². The predicted octanol–water partition coefficient (Wildman–Crippen LogP) is 1.18. The number of ether oxygens (including phenoxy) is 1. The maximum atomic E-state index is 12.3. The fraction of sp³-hybridized carbons (Fsp3) is 0.600. The van der Waals surface area contributed by atoms with E-state index in [0.29, 0.717) is 5.75 Å². The molecule has 0 bridgehead atoms. The standard InChI is InChI=1S/C15H24N2O5S2/c1-12(2)22-14-6-8-15(9-7-14)24(20,21)16-10-11-17(13-4-5-13)23(3,18)19/h6-9,12-13,16H,4-5,10-11H2,1-3H3. The average Bonchev–Trinajstić information content (AvgIpc) is 3.26. The van der Waals surface area contributed by atoms with Crippen LogP contribution in [0.25, 0.3) is 0 Å². The lowest BCUT2D eigenvalue weighted by Gasteiger charge is -2.19. The van der Waals surface area contributed by atoms with Gasteiger partial charge in [-0.1, -0.05) is 0 Å². The highest BCUT2D eigenvalue weighted by molar-refractivity contribution is 7.89. The molecular weight excluding hydrogens is 352 g/mol. The molecule has 0 spiro atoms. The van der Waals surface area contributed by atoms with Crippen molar-refractivity contribution < 1.29 is 21.6 Å². The minimum absolute atomic E-state index is 0.00924. The second-order valence-electron chi connectivity index (χ2n) is 6.14. The van der Waals surface area contributed by atoms with Crippen molar-refractivity contribution in [3.63, 3.8) is 0 Å². The van der Waals surface area contributed by atoms with Crippen LogP contribution in [0, 0.1) is 0 Å². The predicted molar refractivity (Wildman–Crippen MR) is 92.0 cm³/mol. The lowest BCUT2D eigenvalue weighted by Crippen LogP contribution is -2.39. The number of sulfonamides is 2. The smallest absolute Gasteiger partial charge is 0.240 e. The highest BCUT2D eigenvalue weighted by Crippen LogP contribution is 2.28. The minimum atomic E-state index is -3.68. The van der Waals surface area contributed by atoms with E-state index in [2.05, 4.69) is 4.72 Å². The van der Waals surface area contributed by atoms with Gasteiger partial charge in [-0.25, -0.2) is 21.6 Å². The summed E-state index contributed by atoms with van der Waals surface area (Å²) < 4.78 is 57.2. The van der Waals surface area contributed by atoms with Gasteiger partial charge >= 0.3 is 0 Å². The van der Waals surface area contributed by atoms with E-state index in [-0.39, 0.29) is 30.1 Å². The van der Waals surface area contributed by atoms with Crippen molar-refractivity contribution in [3.05, 3.63) is 24.3 Å². The Hall–Kier alpha value is -1.16. The second-order valence-corrected chi connectivity index (χ2v) is 9.84. The first-order valence-electron chi connectivity index (χ1n) is 7.83. The Kier molecular flexibility index (Phi) is 5.90. The number of rotatable bonds is 9. The fourth-order valence-corrected chi connectivity index (χ4v) is 4.52. The molecule has 0 radical (unpaired) electrons. The number of hydrogen-bond donors (Lipinski definition) is 1. The zero-order valence-electron chi connectivity index (χ0n) is 14.1. The quantitative estimate of drug-likeness (QED) is 0.698. The molecule has 0 heterocycles. The monoisotopic (exact) mass is 376 g/mol. The van der Waals surface area contributed by atoms with Crippen LogP contribution in [0.3, 0.4) is 0 Å². The normalized spacial score (nSPS) is 15.9. The fourth-order valence-electron chi connectivity index (χ4n) is 2.32. The molecule has 0 aliphatic heterocycles. The van der Waals surface area contributed by atoms with Gasteiger partial charge in [-0.2, -0.15) is 4.31 Å². The Morgan fingerprint density at radius 3 is 2.21 bits per heavy atom. The molecule has 2 rings (SSSR count). The molecule has 0 atom stereocenters. The first-order valence-corrected chi connectivity index (χ1v) is 11.2. The zero-order chi connectivity index (χ0) is 18.0. The van der Waals surface area contributed by atoms with Gasteiger partial charge in [0, 0.05) is 19.1 Å². The van der Waals surface area contributed by atoms with Crippen LogP contribution in [0.1, 0.15) is 26.7 Å². The summed E-state index contributed by atoms with van der Waals surface area (Å²) >= 11 is 0. The van der Waals surface area contributed by atoms with Crippen LogP contribution in [0.15, 0.2) is 29.2 Å². The third-order valence-electron chi connectivity index (χ3n) is 3.51. The molecule has 1 aromatic carbocycles. The molecule has 1 aliphatic rings. The lowest BCUT2D eigenvalue weighted by atomic mass is 10.3. The van der Waals surface area contributed by atoms with E-state index >= 15 is 0 Å². The summed E-state index contributed by atoms with van der Waals surface area (Å²) in [4.78, 5) is 0.121. The van der Waals surface area contributed by atoms with Gasteiger partial charge in [0.2, 0.25) is 20.0 Å². The highest BCUT2D eigenvalue weighted by Gasteiger charge is 2.34. The van der Waals surface area contributed by atoms with Crippen molar-refractivity contribution in [2.75, 3.05) is 19.3 Å². The third kappa shape index (κ3) is 5.44. The molecule has 136 valence electrons. The van der Waals surface area contributed by atoms with Crippen molar-refractivity contribution >= 4 is 20.0 Å². The van der Waals surface area contributed by atoms with Gasteiger partial charge in [0.05, 0.1) is 17.3 Å². The van der Waals surface area contributed by atoms with Crippen molar-refractivity contribution in [2.24, 2.45) is 0 Å². The van der Waals surface area contributed by atoms with Crippen LogP contribution >= 0.6 is 0 Å². The molecule has 24 heavy (non-hydrogen) atoms. The zero-order valence-corrected chi connectivity index (χ0v) is 15.7. The van der Waals surface area contributed by atoms with Gasteiger partial charge in [0.15, 0.2) is 0 Å². The van der Waals surface area contributed by atoms with Crippen LogP contribution in [0.5, 0.6) is 5.75 Å². The van der Waals surface area contributed by atoms with Crippen molar-refractivity contribution in [2.45, 2.75) is 43.7 Å². The molecule has 1 N–H and O–H groups in total. The van der Waals surface area contributed by atoms with Crippen molar-refractivity contribution in [1.29, 1.82) is 0 Å². The number of nitrogens with one attached hydrogen (secondary N) is 1. The average molecular weight is 377 g/mol. The van der Waals surface area contributed by atoms with Crippen LogP contribution in [0.4, 0.5) is 0 Å². The van der Waals surface area contributed by atoms with E-state index in [1.165, 1.54) is 16.4 Å². The number of nitrogens with zero attached hydrogens (tertiary/aromatic N) is 1. The summed E-state index contributed by atoms with van der Waals surface area (Å²) in [6, 6.07) is 6.14. The van der Waals surface area contributed by atoms with E-state index in [0.717, 1.165) is 19.1 Å². The second kappa shape index (κ2) is 7.38. The minimum Gasteiger partial charge on any atom is -0.491 e. The van der Waals surface area contributed by atoms with Crippen molar-refractivity contribution in [1.82, 2.24) is 9.03 Å². The Morgan fingerprint density at radius 2 is 1.75 bits per heavy atom. The summed E-state index contributed by atoms with van der Waals surface area (Å²) in [5.74, 6) is 0.598. The van der Waals surface area contributed by atoms with E-state index < -0.39 is 20.0 Å². The first kappa shape index (κ1) is 19.2.